The average Bonchev–Trinajstić information content (AvgIpc) is 2.71. The lowest BCUT2D eigenvalue weighted by Crippen LogP contribution is -2.47. The second-order valence-corrected chi connectivity index (χ2v) is 7.14. The minimum Gasteiger partial charge on any atom is -0.508 e. The Morgan fingerprint density at radius 1 is 1.22 bits per heavy atom. The summed E-state index contributed by atoms with van der Waals surface area (Å²) in [5.41, 5.74) is 0.247. The summed E-state index contributed by atoms with van der Waals surface area (Å²) in [6, 6.07) is 4.34. The van der Waals surface area contributed by atoms with Gasteiger partial charge in [0.25, 0.3) is 0 Å². The number of β-amino-alcohol motifs (C(OH)–C–C–N with tert-alkyl or cyclic N) is 1. The Labute approximate surface area is 137 Å². The van der Waals surface area contributed by atoms with Crippen LogP contribution in [0, 0.1) is 5.82 Å². The molecule has 2 aliphatic heterocycles. The third kappa shape index (κ3) is 4.43. The molecule has 0 spiro atoms. The van der Waals surface area contributed by atoms with Gasteiger partial charge in [0.05, 0.1) is 5.60 Å². The molecule has 23 heavy (non-hydrogen) atoms. The maximum absolute atomic E-state index is 13.5. The Hall–Kier alpha value is -1.17. The van der Waals surface area contributed by atoms with Gasteiger partial charge in [-0.15, -0.1) is 0 Å². The summed E-state index contributed by atoms with van der Waals surface area (Å²) in [4.78, 5) is 2.31. The van der Waals surface area contributed by atoms with Crippen LogP contribution in [0.5, 0.6) is 5.75 Å². The highest BCUT2D eigenvalue weighted by Crippen LogP contribution is 2.31. The van der Waals surface area contributed by atoms with E-state index in [1.54, 1.807) is 6.07 Å². The SMILES string of the molecule is Oc1cc(F)cc(C2CCCN(CC3(O)CCCNCC3)C2)c1. The van der Waals surface area contributed by atoms with Gasteiger partial charge in [0, 0.05) is 19.2 Å². The fourth-order valence-electron chi connectivity index (χ4n) is 3.99. The first kappa shape index (κ1) is 16.7. The normalized spacial score (nSPS) is 30.1. The third-order valence-electron chi connectivity index (χ3n) is 5.16. The molecule has 5 heteroatoms. The molecule has 1 aromatic carbocycles. The average molecular weight is 322 g/mol. The van der Waals surface area contributed by atoms with Crippen molar-refractivity contribution in [2.75, 3.05) is 32.7 Å². The second kappa shape index (κ2) is 7.16. The molecule has 3 N–H and O–H groups in total. The molecular formula is C18H27FN2O2. The van der Waals surface area contributed by atoms with Crippen LogP contribution in [0.15, 0.2) is 18.2 Å². The molecule has 0 aliphatic carbocycles. The maximum atomic E-state index is 13.5. The minimum atomic E-state index is -0.616. The van der Waals surface area contributed by atoms with Gasteiger partial charge < -0.3 is 15.5 Å². The summed E-state index contributed by atoms with van der Waals surface area (Å²) >= 11 is 0. The van der Waals surface area contributed by atoms with Crippen molar-refractivity contribution >= 4 is 0 Å². The van der Waals surface area contributed by atoms with E-state index >= 15 is 0 Å². The quantitative estimate of drug-likeness (QED) is 0.799. The molecular weight excluding hydrogens is 295 g/mol. The third-order valence-corrected chi connectivity index (χ3v) is 5.16. The topological polar surface area (TPSA) is 55.7 Å². The number of benzene rings is 1. The predicted octanol–water partition coefficient (Wildman–Crippen LogP) is 2.22. The fourth-order valence-corrected chi connectivity index (χ4v) is 3.99. The van der Waals surface area contributed by atoms with Crippen LogP contribution in [0.3, 0.4) is 0 Å². The number of likely N-dealkylation sites (tertiary alicyclic amines) is 1. The van der Waals surface area contributed by atoms with E-state index < -0.39 is 5.60 Å². The lowest BCUT2D eigenvalue weighted by atomic mass is 9.88. The van der Waals surface area contributed by atoms with Crippen LogP contribution < -0.4 is 5.32 Å². The van der Waals surface area contributed by atoms with Gasteiger partial charge in [-0.3, -0.25) is 4.90 Å². The molecule has 128 valence electrons. The lowest BCUT2D eigenvalue weighted by Gasteiger charge is -2.38. The number of nitrogens with one attached hydrogen (secondary N) is 1. The zero-order valence-corrected chi connectivity index (χ0v) is 13.6. The van der Waals surface area contributed by atoms with Gasteiger partial charge in [-0.25, -0.2) is 4.39 Å². The van der Waals surface area contributed by atoms with Gasteiger partial charge in [0.15, 0.2) is 0 Å². The van der Waals surface area contributed by atoms with Crippen LogP contribution in [0.25, 0.3) is 0 Å². The highest BCUT2D eigenvalue weighted by molar-refractivity contribution is 5.31. The number of nitrogens with zero attached hydrogens (tertiary/aromatic N) is 1. The van der Waals surface area contributed by atoms with Crippen LogP contribution in [0.4, 0.5) is 4.39 Å². The molecule has 2 saturated heterocycles. The highest BCUT2D eigenvalue weighted by atomic mass is 19.1. The summed E-state index contributed by atoms with van der Waals surface area (Å²) in [5, 5.41) is 23.8. The molecule has 2 unspecified atom stereocenters. The van der Waals surface area contributed by atoms with Crippen molar-refractivity contribution in [1.82, 2.24) is 10.2 Å². The summed E-state index contributed by atoms with van der Waals surface area (Å²) in [5.74, 6) is -0.172. The molecule has 0 bridgehead atoms. The van der Waals surface area contributed by atoms with Crippen molar-refractivity contribution in [2.45, 2.75) is 43.6 Å². The summed E-state index contributed by atoms with van der Waals surface area (Å²) in [7, 11) is 0. The van der Waals surface area contributed by atoms with E-state index in [2.05, 4.69) is 10.2 Å². The highest BCUT2D eigenvalue weighted by Gasteiger charge is 2.32. The molecule has 0 radical (unpaired) electrons. The van der Waals surface area contributed by atoms with E-state index in [4.69, 9.17) is 0 Å². The Bertz CT molecular complexity index is 510. The number of piperidine rings is 1. The largest absolute Gasteiger partial charge is 0.508 e. The van der Waals surface area contributed by atoms with Crippen LogP contribution in [-0.2, 0) is 0 Å². The maximum Gasteiger partial charge on any atom is 0.127 e. The van der Waals surface area contributed by atoms with Crippen molar-refractivity contribution in [2.24, 2.45) is 0 Å². The number of halogens is 1. The molecule has 3 rings (SSSR count). The van der Waals surface area contributed by atoms with Crippen molar-refractivity contribution < 1.29 is 14.6 Å². The lowest BCUT2D eigenvalue weighted by molar-refractivity contribution is -0.0130. The predicted molar refractivity (Wildman–Crippen MR) is 88.2 cm³/mol. The standard InChI is InChI=1S/C18H27FN2O2/c19-16-9-15(10-17(22)11-16)14-3-1-8-21(12-14)13-18(23)4-2-6-20-7-5-18/h9-11,14,20,22-23H,1-8,12-13H2. The van der Waals surface area contributed by atoms with Gasteiger partial charge in [-0.2, -0.15) is 0 Å². The number of aromatic hydroxyl groups is 1. The summed E-state index contributed by atoms with van der Waals surface area (Å²) in [6.07, 6.45) is 4.66. The van der Waals surface area contributed by atoms with Gasteiger partial charge >= 0.3 is 0 Å². The first-order valence-electron chi connectivity index (χ1n) is 8.69. The van der Waals surface area contributed by atoms with E-state index in [0.717, 1.165) is 69.9 Å². The van der Waals surface area contributed by atoms with E-state index in [1.165, 1.54) is 6.07 Å². The molecule has 4 nitrogen and oxygen atoms in total. The molecule has 2 fully saturated rings. The number of hydrogen-bond donors (Lipinski definition) is 3. The smallest absolute Gasteiger partial charge is 0.127 e. The number of hydrogen-bond acceptors (Lipinski definition) is 4. The molecule has 2 heterocycles. The van der Waals surface area contributed by atoms with Crippen LogP contribution in [0.2, 0.25) is 0 Å². The van der Waals surface area contributed by atoms with E-state index in [0.29, 0.717) is 6.54 Å². The van der Waals surface area contributed by atoms with Crippen LogP contribution in [-0.4, -0.2) is 53.4 Å². The van der Waals surface area contributed by atoms with Crippen LogP contribution in [0.1, 0.15) is 43.6 Å². The van der Waals surface area contributed by atoms with Gasteiger partial charge in [0.2, 0.25) is 0 Å². The number of rotatable bonds is 3. The Kier molecular flexibility index (Phi) is 5.19. The molecule has 0 amide bonds. The monoisotopic (exact) mass is 322 g/mol. The van der Waals surface area contributed by atoms with Gasteiger partial charge in [-0.05, 0) is 75.4 Å². The number of aliphatic hydroxyl groups is 1. The number of phenolic OH excluding ortho intramolecular Hbond substituents is 1. The molecule has 2 aliphatic rings. The molecule has 2 atom stereocenters. The zero-order valence-electron chi connectivity index (χ0n) is 13.6. The van der Waals surface area contributed by atoms with Crippen molar-refractivity contribution in [3.05, 3.63) is 29.6 Å². The van der Waals surface area contributed by atoms with Gasteiger partial charge in [0.1, 0.15) is 11.6 Å². The fraction of sp³-hybridized carbons (Fsp3) is 0.667. The summed E-state index contributed by atoms with van der Waals surface area (Å²) in [6.45, 7) is 4.33. The van der Waals surface area contributed by atoms with Crippen LogP contribution >= 0.6 is 0 Å². The van der Waals surface area contributed by atoms with Crippen molar-refractivity contribution in [1.29, 1.82) is 0 Å². The van der Waals surface area contributed by atoms with Gasteiger partial charge in [-0.1, -0.05) is 0 Å². The first-order valence-corrected chi connectivity index (χ1v) is 8.69. The van der Waals surface area contributed by atoms with E-state index in [-0.39, 0.29) is 17.5 Å². The molecule has 0 aromatic heterocycles. The molecule has 1 aromatic rings. The molecule has 0 saturated carbocycles. The number of phenols is 1. The second-order valence-electron chi connectivity index (χ2n) is 7.14. The van der Waals surface area contributed by atoms with E-state index in [1.807, 2.05) is 0 Å². The summed E-state index contributed by atoms with van der Waals surface area (Å²) < 4.78 is 13.5. The first-order chi connectivity index (χ1) is 11.0. The van der Waals surface area contributed by atoms with Crippen molar-refractivity contribution in [3.8, 4) is 5.75 Å². The Balaban J connectivity index is 1.65. The minimum absolute atomic E-state index is 0.00871. The Morgan fingerprint density at radius 2 is 2.09 bits per heavy atom. The zero-order chi connectivity index (χ0) is 16.3. The van der Waals surface area contributed by atoms with Crippen molar-refractivity contribution in [3.63, 3.8) is 0 Å². The van der Waals surface area contributed by atoms with E-state index in [9.17, 15) is 14.6 Å². The Morgan fingerprint density at radius 3 is 2.91 bits per heavy atom.